The van der Waals surface area contributed by atoms with Crippen molar-refractivity contribution in [1.29, 1.82) is 0 Å². The quantitative estimate of drug-likeness (QED) is 0.620. The number of carbonyl (C=O) groups is 1. The smallest absolute Gasteiger partial charge is 0.298 e. The molecule has 0 atom stereocenters. The van der Waals surface area contributed by atoms with Gasteiger partial charge in [0.2, 0.25) is 5.76 Å². The van der Waals surface area contributed by atoms with Crippen LogP contribution in [0.15, 0.2) is 35.0 Å². The molecule has 1 aliphatic rings. The highest BCUT2D eigenvalue weighted by Crippen LogP contribution is 2.33. The zero-order chi connectivity index (χ0) is 17.9. The number of benzene rings is 1. The molecule has 3 aromatic rings. The van der Waals surface area contributed by atoms with Crippen LogP contribution in [0.5, 0.6) is 0 Å². The lowest BCUT2D eigenvalue weighted by molar-refractivity contribution is 0.0390. The van der Waals surface area contributed by atoms with Crippen LogP contribution in [0.25, 0.3) is 10.2 Å². The van der Waals surface area contributed by atoms with Crippen molar-refractivity contribution >= 4 is 56.6 Å². The van der Waals surface area contributed by atoms with E-state index >= 15 is 0 Å². The predicted molar refractivity (Wildman–Crippen MR) is 107 cm³/mol. The molecule has 0 unspecified atom stereocenters. The van der Waals surface area contributed by atoms with Gasteiger partial charge in [0.1, 0.15) is 5.52 Å². The Balaban J connectivity index is 0.00000210. The molecule has 10 heteroatoms. The summed E-state index contributed by atoms with van der Waals surface area (Å²) >= 11 is 7.68. The summed E-state index contributed by atoms with van der Waals surface area (Å²) in [4.78, 5) is 21.4. The summed E-state index contributed by atoms with van der Waals surface area (Å²) in [5, 5.41) is 4.81. The molecule has 7 nitrogen and oxygen atoms in total. The second-order valence-electron chi connectivity index (χ2n) is 5.87. The molecule has 0 saturated carbocycles. The molecule has 0 bridgehead atoms. The number of halogens is 2. The maximum Gasteiger partial charge on any atom is 0.298 e. The Morgan fingerprint density at radius 3 is 2.81 bits per heavy atom. The van der Waals surface area contributed by atoms with Crippen molar-refractivity contribution in [3.8, 4) is 0 Å². The van der Waals surface area contributed by atoms with Crippen molar-refractivity contribution in [2.45, 2.75) is 0 Å². The lowest BCUT2D eigenvalue weighted by Gasteiger charge is -2.28. The SMILES string of the molecule is Cl.O=C(c1ccno1)N(CCN1CCOCC1)c1nc2c(Cl)cccc2s1. The van der Waals surface area contributed by atoms with Crippen molar-refractivity contribution in [2.24, 2.45) is 0 Å². The fraction of sp³-hybridized carbons (Fsp3) is 0.353. The molecule has 0 spiro atoms. The number of hydrogen-bond donors (Lipinski definition) is 0. The average Bonchev–Trinajstić information content (AvgIpc) is 3.33. The van der Waals surface area contributed by atoms with Crippen LogP contribution >= 0.6 is 35.3 Å². The summed E-state index contributed by atoms with van der Waals surface area (Å²) in [6.07, 6.45) is 1.46. The maximum atomic E-state index is 12.9. The van der Waals surface area contributed by atoms with Gasteiger partial charge in [-0.15, -0.1) is 12.4 Å². The topological polar surface area (TPSA) is 71.7 Å². The molecule has 1 aromatic carbocycles. The largest absolute Gasteiger partial charge is 0.379 e. The van der Waals surface area contributed by atoms with Gasteiger partial charge in [-0.3, -0.25) is 14.6 Å². The minimum atomic E-state index is -0.258. The van der Waals surface area contributed by atoms with E-state index in [-0.39, 0.29) is 24.1 Å². The van der Waals surface area contributed by atoms with Crippen LogP contribution in [-0.4, -0.2) is 60.3 Å². The van der Waals surface area contributed by atoms with Gasteiger partial charge in [-0.05, 0) is 12.1 Å². The molecular formula is C17H18Cl2N4O3S. The van der Waals surface area contributed by atoms with E-state index in [1.165, 1.54) is 17.5 Å². The summed E-state index contributed by atoms with van der Waals surface area (Å²) in [6, 6.07) is 7.18. The third-order valence-electron chi connectivity index (χ3n) is 4.23. The molecule has 1 saturated heterocycles. The van der Waals surface area contributed by atoms with Crippen molar-refractivity contribution < 1.29 is 14.1 Å². The minimum Gasteiger partial charge on any atom is -0.379 e. The molecule has 1 fully saturated rings. The normalized spacial score (nSPS) is 14.9. The highest BCUT2D eigenvalue weighted by molar-refractivity contribution is 7.22. The fourth-order valence-electron chi connectivity index (χ4n) is 2.83. The molecule has 2 aromatic heterocycles. The van der Waals surface area contributed by atoms with Gasteiger partial charge in [0, 0.05) is 32.2 Å². The first-order valence-electron chi connectivity index (χ1n) is 8.30. The number of morpholine rings is 1. The Kier molecular flexibility index (Phi) is 6.67. The number of fused-ring (bicyclic) bond motifs is 1. The Morgan fingerprint density at radius 1 is 1.30 bits per heavy atom. The van der Waals surface area contributed by atoms with E-state index in [1.54, 1.807) is 17.0 Å². The summed E-state index contributed by atoms with van der Waals surface area (Å²) in [5.74, 6) is -0.0664. The lowest BCUT2D eigenvalue weighted by Crippen LogP contribution is -2.43. The number of anilines is 1. The Labute approximate surface area is 171 Å². The predicted octanol–water partition coefficient (Wildman–Crippen LogP) is 3.34. The zero-order valence-electron chi connectivity index (χ0n) is 14.3. The Bertz CT molecular complexity index is 897. The molecule has 0 radical (unpaired) electrons. The lowest BCUT2D eigenvalue weighted by atomic mass is 10.3. The third-order valence-corrected chi connectivity index (χ3v) is 5.58. The van der Waals surface area contributed by atoms with Crippen molar-refractivity contribution in [3.63, 3.8) is 0 Å². The Morgan fingerprint density at radius 2 is 2.11 bits per heavy atom. The summed E-state index contributed by atoms with van der Waals surface area (Å²) in [5.41, 5.74) is 0.705. The zero-order valence-corrected chi connectivity index (χ0v) is 16.7. The van der Waals surface area contributed by atoms with E-state index in [4.69, 9.17) is 20.9 Å². The van der Waals surface area contributed by atoms with E-state index in [2.05, 4.69) is 15.0 Å². The van der Waals surface area contributed by atoms with Gasteiger partial charge in [0.05, 0.1) is 29.1 Å². The number of thiazole rings is 1. The van der Waals surface area contributed by atoms with E-state index in [0.29, 0.717) is 35.4 Å². The molecule has 0 N–H and O–H groups in total. The molecule has 3 heterocycles. The van der Waals surface area contributed by atoms with Gasteiger partial charge in [0.25, 0.3) is 5.91 Å². The van der Waals surface area contributed by atoms with E-state index in [9.17, 15) is 4.79 Å². The van der Waals surface area contributed by atoms with Crippen LogP contribution in [0.1, 0.15) is 10.6 Å². The fourth-order valence-corrected chi connectivity index (χ4v) is 4.12. The standard InChI is InChI=1S/C17H17ClN4O3S.ClH/c18-12-2-1-3-14-15(12)20-17(26-14)22(16(23)13-4-5-19-25-13)7-6-21-8-10-24-11-9-21;/h1-5H,6-11H2;1H. The van der Waals surface area contributed by atoms with Gasteiger partial charge < -0.3 is 9.26 Å². The second-order valence-corrected chi connectivity index (χ2v) is 7.29. The first kappa shape index (κ1) is 20.0. The number of nitrogens with zero attached hydrogens (tertiary/aromatic N) is 4. The van der Waals surface area contributed by atoms with Crippen molar-refractivity contribution in [3.05, 3.63) is 41.2 Å². The minimum absolute atomic E-state index is 0. The molecule has 0 aliphatic carbocycles. The van der Waals surface area contributed by atoms with Gasteiger partial charge >= 0.3 is 0 Å². The van der Waals surface area contributed by atoms with Crippen LogP contribution in [0, 0.1) is 0 Å². The monoisotopic (exact) mass is 428 g/mol. The number of ether oxygens (including phenoxy) is 1. The Hall–Kier alpha value is -1.71. The van der Waals surface area contributed by atoms with E-state index in [0.717, 1.165) is 24.3 Å². The maximum absolute atomic E-state index is 12.9. The van der Waals surface area contributed by atoms with E-state index < -0.39 is 0 Å². The number of hydrogen-bond acceptors (Lipinski definition) is 7. The van der Waals surface area contributed by atoms with Gasteiger partial charge in [-0.1, -0.05) is 34.2 Å². The van der Waals surface area contributed by atoms with Crippen LogP contribution in [0.3, 0.4) is 0 Å². The summed E-state index contributed by atoms with van der Waals surface area (Å²) in [7, 11) is 0. The van der Waals surface area contributed by atoms with Crippen molar-refractivity contribution in [1.82, 2.24) is 15.0 Å². The van der Waals surface area contributed by atoms with Crippen LogP contribution in [0.4, 0.5) is 5.13 Å². The summed E-state index contributed by atoms with van der Waals surface area (Å²) < 4.78 is 11.4. The molecular weight excluding hydrogens is 411 g/mol. The number of amides is 1. The van der Waals surface area contributed by atoms with Gasteiger partial charge in [0.15, 0.2) is 5.13 Å². The number of rotatable bonds is 5. The van der Waals surface area contributed by atoms with Crippen LogP contribution in [-0.2, 0) is 4.74 Å². The molecule has 4 rings (SSSR count). The highest BCUT2D eigenvalue weighted by Gasteiger charge is 2.25. The van der Waals surface area contributed by atoms with E-state index in [1.807, 2.05) is 12.1 Å². The number of aromatic nitrogens is 2. The van der Waals surface area contributed by atoms with Crippen LogP contribution in [0.2, 0.25) is 5.02 Å². The van der Waals surface area contributed by atoms with Crippen molar-refractivity contribution in [2.75, 3.05) is 44.3 Å². The molecule has 1 amide bonds. The highest BCUT2D eigenvalue weighted by atomic mass is 35.5. The molecule has 1 aliphatic heterocycles. The number of para-hydroxylation sites is 1. The van der Waals surface area contributed by atoms with Gasteiger partial charge in [-0.2, -0.15) is 0 Å². The first-order valence-corrected chi connectivity index (χ1v) is 9.49. The van der Waals surface area contributed by atoms with Crippen LogP contribution < -0.4 is 4.90 Å². The first-order chi connectivity index (χ1) is 12.7. The second kappa shape index (κ2) is 8.99. The molecule has 27 heavy (non-hydrogen) atoms. The third kappa shape index (κ3) is 4.41. The van der Waals surface area contributed by atoms with Gasteiger partial charge in [-0.25, -0.2) is 4.98 Å². The molecule has 144 valence electrons. The summed E-state index contributed by atoms with van der Waals surface area (Å²) in [6.45, 7) is 4.37. The number of carbonyl (C=O) groups excluding carboxylic acids is 1. The average molecular weight is 429 g/mol.